The fraction of sp³-hybridized carbons (Fsp3) is 0.652. The summed E-state index contributed by atoms with van der Waals surface area (Å²) in [5.41, 5.74) is 0.498. The second kappa shape index (κ2) is 9.69. The highest BCUT2D eigenvalue weighted by Gasteiger charge is 2.31. The topological polar surface area (TPSA) is 78.0 Å². The van der Waals surface area contributed by atoms with Gasteiger partial charge in [0, 0.05) is 50.7 Å². The number of sulfonamides is 1. The molecule has 0 N–H and O–H groups in total. The highest BCUT2D eigenvalue weighted by atomic mass is 32.2. The molecule has 7 nitrogen and oxygen atoms in total. The number of carbonyl (C=O) groups excluding carboxylic acids is 2. The maximum Gasteiger partial charge on any atom is 0.253 e. The Hall–Kier alpha value is -1.93. The number of benzene rings is 1. The molecule has 1 aromatic rings. The highest BCUT2D eigenvalue weighted by molar-refractivity contribution is 7.89. The van der Waals surface area contributed by atoms with Crippen molar-refractivity contribution in [1.82, 2.24) is 14.1 Å². The molecule has 8 heteroatoms. The predicted octanol–water partition coefficient (Wildman–Crippen LogP) is 2.73. The van der Waals surface area contributed by atoms with Crippen molar-refractivity contribution in [2.45, 2.75) is 56.3 Å². The van der Waals surface area contributed by atoms with Gasteiger partial charge < -0.3 is 9.80 Å². The van der Waals surface area contributed by atoms with Crippen molar-refractivity contribution >= 4 is 21.8 Å². The molecule has 3 aliphatic rings. The molecule has 3 fully saturated rings. The molecule has 0 bridgehead atoms. The zero-order valence-electron chi connectivity index (χ0n) is 18.2. The molecule has 0 spiro atoms. The fourth-order valence-electron chi connectivity index (χ4n) is 4.91. The molecular weight excluding hydrogens is 414 g/mol. The Bertz CT molecular complexity index is 878. The van der Waals surface area contributed by atoms with Gasteiger partial charge in [0.15, 0.2) is 0 Å². The standard InChI is InChI=1S/C23H33N3O4S/c27-22(19-7-9-21(10-8-19)31(29,30)26-15-5-6-16-26)25-17-11-20(12-18-25)23(28)24-13-3-1-2-4-14-24/h7-10,20H,1-6,11-18H2. The van der Waals surface area contributed by atoms with Crippen LogP contribution in [0.4, 0.5) is 0 Å². The number of nitrogens with zero attached hydrogens (tertiary/aromatic N) is 3. The van der Waals surface area contributed by atoms with Crippen molar-refractivity contribution in [2.75, 3.05) is 39.3 Å². The van der Waals surface area contributed by atoms with Crippen molar-refractivity contribution < 1.29 is 18.0 Å². The van der Waals surface area contributed by atoms with E-state index >= 15 is 0 Å². The number of hydrogen-bond acceptors (Lipinski definition) is 4. The minimum atomic E-state index is -3.47. The van der Waals surface area contributed by atoms with Gasteiger partial charge in [-0.25, -0.2) is 8.42 Å². The molecular formula is C23H33N3O4S. The second-order valence-electron chi connectivity index (χ2n) is 8.94. The van der Waals surface area contributed by atoms with E-state index in [1.165, 1.54) is 29.3 Å². The van der Waals surface area contributed by atoms with Gasteiger partial charge in [0.25, 0.3) is 5.91 Å². The predicted molar refractivity (Wildman–Crippen MR) is 118 cm³/mol. The lowest BCUT2D eigenvalue weighted by molar-refractivity contribution is -0.136. The number of rotatable bonds is 4. The van der Waals surface area contributed by atoms with Gasteiger partial charge in [-0.3, -0.25) is 9.59 Å². The summed E-state index contributed by atoms with van der Waals surface area (Å²) < 4.78 is 26.8. The second-order valence-corrected chi connectivity index (χ2v) is 10.9. The first-order valence-electron chi connectivity index (χ1n) is 11.6. The van der Waals surface area contributed by atoms with Crippen LogP contribution < -0.4 is 0 Å². The van der Waals surface area contributed by atoms with Crippen LogP contribution in [0.2, 0.25) is 0 Å². The van der Waals surface area contributed by atoms with Gasteiger partial charge in [0.1, 0.15) is 0 Å². The van der Waals surface area contributed by atoms with Gasteiger partial charge in [0.2, 0.25) is 15.9 Å². The third-order valence-corrected chi connectivity index (χ3v) is 8.77. The van der Waals surface area contributed by atoms with Crippen LogP contribution >= 0.6 is 0 Å². The van der Waals surface area contributed by atoms with Gasteiger partial charge in [-0.15, -0.1) is 0 Å². The van der Waals surface area contributed by atoms with E-state index in [4.69, 9.17) is 0 Å². The summed E-state index contributed by atoms with van der Waals surface area (Å²) >= 11 is 0. The maximum atomic E-state index is 12.9. The third-order valence-electron chi connectivity index (χ3n) is 6.85. The summed E-state index contributed by atoms with van der Waals surface area (Å²) in [5, 5.41) is 0. The summed E-state index contributed by atoms with van der Waals surface area (Å²) in [7, 11) is -3.47. The van der Waals surface area contributed by atoms with E-state index in [0.29, 0.717) is 44.6 Å². The van der Waals surface area contributed by atoms with E-state index in [-0.39, 0.29) is 22.6 Å². The van der Waals surface area contributed by atoms with Gasteiger partial charge >= 0.3 is 0 Å². The summed E-state index contributed by atoms with van der Waals surface area (Å²) in [5.74, 6) is 0.173. The Kier molecular flexibility index (Phi) is 6.96. The van der Waals surface area contributed by atoms with Gasteiger partial charge in [-0.05, 0) is 62.8 Å². The Balaban J connectivity index is 1.33. The molecule has 31 heavy (non-hydrogen) atoms. The fourth-order valence-corrected chi connectivity index (χ4v) is 6.43. The molecule has 3 heterocycles. The van der Waals surface area contributed by atoms with Crippen LogP contribution in [0.25, 0.3) is 0 Å². The van der Waals surface area contributed by atoms with Crippen molar-refractivity contribution in [3.05, 3.63) is 29.8 Å². The molecule has 3 saturated heterocycles. The summed E-state index contributed by atoms with van der Waals surface area (Å²) in [4.78, 5) is 29.8. The SMILES string of the molecule is O=C(c1ccc(S(=O)(=O)N2CCCC2)cc1)N1CCC(C(=O)N2CCCCCC2)CC1. The Morgan fingerprint density at radius 2 is 1.26 bits per heavy atom. The first-order valence-corrected chi connectivity index (χ1v) is 13.1. The van der Waals surface area contributed by atoms with Crippen LogP contribution in [-0.2, 0) is 14.8 Å². The lowest BCUT2D eigenvalue weighted by Gasteiger charge is -2.34. The number of carbonyl (C=O) groups is 2. The summed E-state index contributed by atoms with van der Waals surface area (Å²) in [6.07, 6.45) is 7.77. The minimum Gasteiger partial charge on any atom is -0.342 e. The highest BCUT2D eigenvalue weighted by Crippen LogP contribution is 2.24. The normalized spacial score (nSPS) is 21.8. The molecule has 0 atom stereocenters. The summed E-state index contributed by atoms with van der Waals surface area (Å²) in [6, 6.07) is 6.30. The maximum absolute atomic E-state index is 12.9. The number of hydrogen-bond donors (Lipinski definition) is 0. The zero-order valence-corrected chi connectivity index (χ0v) is 19.0. The summed E-state index contributed by atoms with van der Waals surface area (Å²) in [6.45, 7) is 3.99. The Labute approximate surface area is 185 Å². The van der Waals surface area contributed by atoms with E-state index in [2.05, 4.69) is 0 Å². The minimum absolute atomic E-state index is 0.00938. The van der Waals surface area contributed by atoms with Crippen LogP contribution in [0.1, 0.15) is 61.7 Å². The van der Waals surface area contributed by atoms with Gasteiger partial charge in [-0.1, -0.05) is 12.8 Å². The van der Waals surface area contributed by atoms with E-state index in [1.54, 1.807) is 17.0 Å². The molecule has 170 valence electrons. The average Bonchev–Trinajstić information content (AvgIpc) is 3.22. The first kappa shape index (κ1) is 22.3. The Morgan fingerprint density at radius 1 is 0.710 bits per heavy atom. The average molecular weight is 448 g/mol. The van der Waals surface area contributed by atoms with E-state index < -0.39 is 10.0 Å². The van der Waals surface area contributed by atoms with Crippen LogP contribution in [0.15, 0.2) is 29.2 Å². The van der Waals surface area contributed by atoms with Gasteiger partial charge in [0.05, 0.1) is 4.90 Å². The Morgan fingerprint density at radius 3 is 1.84 bits per heavy atom. The smallest absolute Gasteiger partial charge is 0.253 e. The number of piperidine rings is 1. The number of likely N-dealkylation sites (tertiary alicyclic amines) is 2. The van der Waals surface area contributed by atoms with Crippen LogP contribution in [0, 0.1) is 5.92 Å². The van der Waals surface area contributed by atoms with Crippen LogP contribution in [-0.4, -0.2) is 73.6 Å². The van der Waals surface area contributed by atoms with Crippen molar-refractivity contribution in [1.29, 1.82) is 0 Å². The van der Waals surface area contributed by atoms with Crippen LogP contribution in [0.3, 0.4) is 0 Å². The zero-order chi connectivity index (χ0) is 21.8. The molecule has 0 aliphatic carbocycles. The first-order chi connectivity index (χ1) is 15.0. The van der Waals surface area contributed by atoms with Crippen molar-refractivity contribution in [3.63, 3.8) is 0 Å². The lowest BCUT2D eigenvalue weighted by atomic mass is 9.94. The third kappa shape index (κ3) is 4.95. The van der Waals surface area contributed by atoms with E-state index in [9.17, 15) is 18.0 Å². The molecule has 2 amide bonds. The molecule has 0 saturated carbocycles. The molecule has 3 aliphatic heterocycles. The quantitative estimate of drug-likeness (QED) is 0.711. The van der Waals surface area contributed by atoms with E-state index in [1.807, 2.05) is 4.90 Å². The molecule has 4 rings (SSSR count). The molecule has 0 radical (unpaired) electrons. The molecule has 0 aromatic heterocycles. The van der Waals surface area contributed by atoms with Crippen LogP contribution in [0.5, 0.6) is 0 Å². The monoisotopic (exact) mass is 447 g/mol. The molecule has 0 unspecified atom stereocenters. The number of amides is 2. The van der Waals surface area contributed by atoms with E-state index in [0.717, 1.165) is 38.8 Å². The van der Waals surface area contributed by atoms with Gasteiger partial charge in [-0.2, -0.15) is 4.31 Å². The largest absolute Gasteiger partial charge is 0.342 e. The van der Waals surface area contributed by atoms with Crippen molar-refractivity contribution in [3.8, 4) is 0 Å². The lowest BCUT2D eigenvalue weighted by Crippen LogP contribution is -2.44. The molecule has 1 aromatic carbocycles. The van der Waals surface area contributed by atoms with Crippen molar-refractivity contribution in [2.24, 2.45) is 5.92 Å².